The number of amides is 2. The lowest BCUT2D eigenvalue weighted by molar-refractivity contribution is -0.126. The quantitative estimate of drug-likeness (QED) is 0.735. The molecule has 1 aliphatic carbocycles. The Hall–Kier alpha value is -1.16. The number of carbonyl (C=O) groups is 2. The largest absolute Gasteiger partial charge is 0.296 e. The van der Waals surface area contributed by atoms with Crippen LogP contribution in [0.1, 0.15) is 24.0 Å². The molecule has 1 aromatic carbocycles. The van der Waals surface area contributed by atoms with Crippen molar-refractivity contribution < 1.29 is 9.59 Å². The molecule has 2 amide bonds. The van der Waals surface area contributed by atoms with Gasteiger partial charge in [-0.3, -0.25) is 14.9 Å². The third-order valence-electron chi connectivity index (χ3n) is 3.55. The van der Waals surface area contributed by atoms with Crippen LogP contribution in [-0.2, 0) is 21.4 Å². The first-order chi connectivity index (χ1) is 7.62. The summed E-state index contributed by atoms with van der Waals surface area (Å²) in [4.78, 5) is 23.3. The highest BCUT2D eigenvalue weighted by atomic mass is 79.9. The third kappa shape index (κ3) is 1.19. The van der Waals surface area contributed by atoms with Gasteiger partial charge in [-0.2, -0.15) is 0 Å². The summed E-state index contributed by atoms with van der Waals surface area (Å²) in [5.74, 6) is -0.278. The number of carbonyl (C=O) groups excluding carboxylic acids is 2. The molecule has 1 saturated heterocycles. The Morgan fingerprint density at radius 2 is 2.12 bits per heavy atom. The van der Waals surface area contributed by atoms with Crippen molar-refractivity contribution in [2.45, 2.75) is 24.7 Å². The van der Waals surface area contributed by atoms with E-state index in [9.17, 15) is 9.59 Å². The second-order valence-corrected chi connectivity index (χ2v) is 5.35. The molecular formula is C12H10BrNO2. The summed E-state index contributed by atoms with van der Waals surface area (Å²) in [6.45, 7) is 0. The second-order valence-electron chi connectivity index (χ2n) is 4.44. The predicted octanol–water partition coefficient (Wildman–Crippen LogP) is 1.68. The molecule has 3 nitrogen and oxygen atoms in total. The van der Waals surface area contributed by atoms with E-state index in [1.807, 2.05) is 18.2 Å². The summed E-state index contributed by atoms with van der Waals surface area (Å²) in [5.41, 5.74) is 1.63. The first-order valence-electron chi connectivity index (χ1n) is 5.25. The van der Waals surface area contributed by atoms with Crippen LogP contribution in [0.15, 0.2) is 22.7 Å². The highest BCUT2D eigenvalue weighted by Gasteiger charge is 2.51. The highest BCUT2D eigenvalue weighted by Crippen LogP contribution is 2.44. The normalized spacial score (nSPS) is 27.3. The van der Waals surface area contributed by atoms with Crippen LogP contribution >= 0.6 is 15.9 Å². The van der Waals surface area contributed by atoms with Crippen molar-refractivity contribution >= 4 is 27.7 Å². The number of fused-ring (bicyclic) bond motifs is 2. The summed E-state index contributed by atoms with van der Waals surface area (Å²) in [6.07, 6.45) is 1.92. The molecule has 1 aliphatic heterocycles. The maximum absolute atomic E-state index is 11.9. The molecular weight excluding hydrogens is 270 g/mol. The topological polar surface area (TPSA) is 46.2 Å². The van der Waals surface area contributed by atoms with E-state index in [-0.39, 0.29) is 11.8 Å². The fourth-order valence-corrected chi connectivity index (χ4v) is 3.19. The molecule has 0 unspecified atom stereocenters. The van der Waals surface area contributed by atoms with E-state index < -0.39 is 5.41 Å². The zero-order valence-corrected chi connectivity index (χ0v) is 10.1. The molecule has 0 aromatic heterocycles. The van der Waals surface area contributed by atoms with Gasteiger partial charge in [-0.05, 0) is 36.1 Å². The van der Waals surface area contributed by atoms with Crippen molar-refractivity contribution in [2.75, 3.05) is 0 Å². The minimum atomic E-state index is -0.576. The average Bonchev–Trinajstić information content (AvgIpc) is 2.70. The molecule has 2 aliphatic rings. The van der Waals surface area contributed by atoms with Crippen LogP contribution in [-0.4, -0.2) is 11.8 Å². The van der Waals surface area contributed by atoms with Gasteiger partial charge in [0.15, 0.2) is 0 Å². The van der Waals surface area contributed by atoms with Crippen LogP contribution in [0.4, 0.5) is 0 Å². The number of halogens is 1. The maximum Gasteiger partial charge on any atom is 0.237 e. The van der Waals surface area contributed by atoms with Gasteiger partial charge < -0.3 is 0 Å². The van der Waals surface area contributed by atoms with Crippen molar-refractivity contribution in [3.8, 4) is 0 Å². The van der Waals surface area contributed by atoms with Gasteiger partial charge in [0.1, 0.15) is 0 Å². The lowest BCUT2D eigenvalue weighted by atomic mass is 9.80. The monoisotopic (exact) mass is 279 g/mol. The van der Waals surface area contributed by atoms with Crippen LogP contribution in [0.5, 0.6) is 0 Å². The van der Waals surface area contributed by atoms with Crippen molar-refractivity contribution in [1.29, 1.82) is 0 Å². The smallest absolute Gasteiger partial charge is 0.237 e. The second kappa shape index (κ2) is 3.17. The summed E-state index contributed by atoms with van der Waals surface area (Å²) >= 11 is 3.42. The van der Waals surface area contributed by atoms with E-state index in [4.69, 9.17) is 0 Å². The Morgan fingerprint density at radius 1 is 1.31 bits per heavy atom. The number of benzene rings is 1. The van der Waals surface area contributed by atoms with E-state index in [2.05, 4.69) is 21.2 Å². The molecule has 3 rings (SSSR count). The standard InChI is InChI=1S/C12H10BrNO2/c13-8-1-2-9-7(5-8)3-4-12(9)6-10(15)14-11(12)16/h1-2,5H,3-4,6H2,(H,14,15,16)/t12-/m0/s1. The third-order valence-corrected chi connectivity index (χ3v) is 4.05. The molecule has 1 spiro atoms. The molecule has 1 heterocycles. The SMILES string of the molecule is O=C1C[C@]2(CCc3cc(Br)ccc32)C(=O)N1. The van der Waals surface area contributed by atoms with Crippen LogP contribution in [0, 0.1) is 0 Å². The van der Waals surface area contributed by atoms with Gasteiger partial charge in [0.2, 0.25) is 11.8 Å². The number of imide groups is 1. The molecule has 1 atom stereocenters. The molecule has 1 N–H and O–H groups in total. The zero-order valence-electron chi connectivity index (χ0n) is 8.55. The van der Waals surface area contributed by atoms with Crippen LogP contribution in [0.3, 0.4) is 0 Å². The molecule has 1 aromatic rings. The molecule has 4 heteroatoms. The molecule has 16 heavy (non-hydrogen) atoms. The fraction of sp³-hybridized carbons (Fsp3) is 0.333. The van der Waals surface area contributed by atoms with E-state index in [0.717, 1.165) is 22.9 Å². The molecule has 0 radical (unpaired) electrons. The number of hydrogen-bond donors (Lipinski definition) is 1. The van der Waals surface area contributed by atoms with Gasteiger partial charge in [0.25, 0.3) is 0 Å². The van der Waals surface area contributed by atoms with Crippen molar-refractivity contribution in [1.82, 2.24) is 5.32 Å². The molecule has 0 saturated carbocycles. The van der Waals surface area contributed by atoms with Gasteiger partial charge in [0.05, 0.1) is 5.41 Å². The minimum Gasteiger partial charge on any atom is -0.296 e. The number of rotatable bonds is 0. The maximum atomic E-state index is 11.9. The van der Waals surface area contributed by atoms with E-state index >= 15 is 0 Å². The van der Waals surface area contributed by atoms with E-state index in [1.54, 1.807) is 0 Å². The Labute approximate surface area is 101 Å². The van der Waals surface area contributed by atoms with Gasteiger partial charge in [-0.25, -0.2) is 0 Å². The van der Waals surface area contributed by atoms with Gasteiger partial charge >= 0.3 is 0 Å². The molecule has 0 bridgehead atoms. The minimum absolute atomic E-state index is 0.126. The highest BCUT2D eigenvalue weighted by molar-refractivity contribution is 9.10. The number of aryl methyl sites for hydroxylation is 1. The number of nitrogens with one attached hydrogen (secondary N) is 1. The first kappa shape index (κ1) is 10.0. The van der Waals surface area contributed by atoms with Gasteiger partial charge in [-0.15, -0.1) is 0 Å². The summed E-state index contributed by atoms with van der Waals surface area (Å²) < 4.78 is 1.02. The van der Waals surface area contributed by atoms with Gasteiger partial charge in [0, 0.05) is 10.9 Å². The van der Waals surface area contributed by atoms with Crippen molar-refractivity contribution in [3.63, 3.8) is 0 Å². The summed E-state index contributed by atoms with van der Waals surface area (Å²) in [5, 5.41) is 2.42. The van der Waals surface area contributed by atoms with Crippen LogP contribution < -0.4 is 5.32 Å². The summed E-state index contributed by atoms with van der Waals surface area (Å²) in [7, 11) is 0. The van der Waals surface area contributed by atoms with Crippen LogP contribution in [0.25, 0.3) is 0 Å². The average molecular weight is 280 g/mol. The Morgan fingerprint density at radius 3 is 2.81 bits per heavy atom. The van der Waals surface area contributed by atoms with Crippen LogP contribution in [0.2, 0.25) is 0 Å². The summed E-state index contributed by atoms with van der Waals surface area (Å²) in [6, 6.07) is 5.94. The van der Waals surface area contributed by atoms with E-state index in [1.165, 1.54) is 5.56 Å². The molecule has 1 fully saturated rings. The van der Waals surface area contributed by atoms with Crippen molar-refractivity contribution in [2.24, 2.45) is 0 Å². The van der Waals surface area contributed by atoms with Crippen molar-refractivity contribution in [3.05, 3.63) is 33.8 Å². The first-order valence-corrected chi connectivity index (χ1v) is 6.04. The number of hydrogen-bond acceptors (Lipinski definition) is 2. The molecule has 82 valence electrons. The lowest BCUT2D eigenvalue weighted by Gasteiger charge is -2.19. The predicted molar refractivity (Wildman–Crippen MR) is 61.9 cm³/mol. The lowest BCUT2D eigenvalue weighted by Crippen LogP contribution is -2.33. The Balaban J connectivity index is 2.15. The fourth-order valence-electron chi connectivity index (χ4n) is 2.78. The zero-order chi connectivity index (χ0) is 11.3. The van der Waals surface area contributed by atoms with Gasteiger partial charge in [-0.1, -0.05) is 22.0 Å². The Bertz CT molecular complexity index is 512. The Kier molecular flexibility index (Phi) is 1.98. The van der Waals surface area contributed by atoms with E-state index in [0.29, 0.717) is 6.42 Å².